The number of allylic oxidation sites excluding steroid dienone is 2. The predicted molar refractivity (Wildman–Crippen MR) is 73.4 cm³/mol. The Balaban J connectivity index is 2.26. The lowest BCUT2D eigenvalue weighted by Gasteiger charge is -2.27. The molecule has 4 atom stereocenters. The molecule has 0 saturated carbocycles. The van der Waals surface area contributed by atoms with Crippen molar-refractivity contribution >= 4 is 10.8 Å². The van der Waals surface area contributed by atoms with Gasteiger partial charge in [0, 0.05) is 4.90 Å². The van der Waals surface area contributed by atoms with Crippen LogP contribution in [-0.2, 0) is 10.8 Å². The molecule has 0 spiro atoms. The molecule has 0 radical (unpaired) electrons. The van der Waals surface area contributed by atoms with E-state index in [-0.39, 0.29) is 17.1 Å². The molecule has 2 rings (SSSR count). The number of nitriles is 1. The molecule has 0 aliphatic heterocycles. The molecule has 1 aliphatic carbocycles. The van der Waals surface area contributed by atoms with Crippen LogP contribution in [0.3, 0.4) is 0 Å². The fraction of sp³-hybridized carbons (Fsp3) is 0.400. The van der Waals surface area contributed by atoms with Crippen LogP contribution >= 0.6 is 0 Å². The van der Waals surface area contributed by atoms with Crippen LogP contribution in [0.2, 0.25) is 0 Å². The second kappa shape index (κ2) is 5.49. The summed E-state index contributed by atoms with van der Waals surface area (Å²) in [5.41, 5.74) is 1.16. The van der Waals surface area contributed by atoms with Crippen LogP contribution in [0.25, 0.3) is 0 Å². The van der Waals surface area contributed by atoms with Crippen molar-refractivity contribution in [1.82, 2.24) is 0 Å². The highest BCUT2D eigenvalue weighted by atomic mass is 32.2. The number of aryl methyl sites for hydroxylation is 1. The third-order valence-electron chi connectivity index (χ3n) is 3.45. The average molecular weight is 259 g/mol. The maximum atomic E-state index is 12.6. The van der Waals surface area contributed by atoms with E-state index in [1.807, 2.05) is 38.1 Å². The Morgan fingerprint density at radius 2 is 2.00 bits per heavy atom. The summed E-state index contributed by atoms with van der Waals surface area (Å²) in [6, 6.07) is 10.1. The van der Waals surface area contributed by atoms with Crippen molar-refractivity contribution in [2.75, 3.05) is 0 Å². The lowest BCUT2D eigenvalue weighted by molar-refractivity contribution is 0.472. The summed E-state index contributed by atoms with van der Waals surface area (Å²) >= 11 is 0. The molecule has 0 aromatic heterocycles. The molecular weight excluding hydrogens is 242 g/mol. The van der Waals surface area contributed by atoms with Gasteiger partial charge in [0.1, 0.15) is 0 Å². The Hall–Kier alpha value is -1.40. The van der Waals surface area contributed by atoms with Crippen molar-refractivity contribution in [2.45, 2.75) is 30.4 Å². The topological polar surface area (TPSA) is 40.9 Å². The van der Waals surface area contributed by atoms with Gasteiger partial charge < -0.3 is 0 Å². The second-order valence-corrected chi connectivity index (χ2v) is 6.50. The highest BCUT2D eigenvalue weighted by Crippen LogP contribution is 2.30. The monoisotopic (exact) mass is 259 g/mol. The molecule has 0 bridgehead atoms. The minimum absolute atomic E-state index is 0.0855. The minimum Gasteiger partial charge on any atom is -0.254 e. The molecule has 94 valence electrons. The van der Waals surface area contributed by atoms with Crippen molar-refractivity contribution in [3.05, 3.63) is 42.0 Å². The first-order valence-electron chi connectivity index (χ1n) is 6.17. The zero-order valence-corrected chi connectivity index (χ0v) is 11.5. The Kier molecular flexibility index (Phi) is 3.98. The van der Waals surface area contributed by atoms with E-state index < -0.39 is 10.8 Å². The number of rotatable bonds is 2. The zero-order valence-electron chi connectivity index (χ0n) is 10.7. The van der Waals surface area contributed by atoms with Crippen molar-refractivity contribution in [3.8, 4) is 6.07 Å². The summed E-state index contributed by atoms with van der Waals surface area (Å²) in [7, 11) is -1.10. The third kappa shape index (κ3) is 2.54. The van der Waals surface area contributed by atoms with Gasteiger partial charge in [-0.2, -0.15) is 5.26 Å². The molecule has 3 heteroatoms. The minimum atomic E-state index is -1.10. The molecule has 1 aliphatic rings. The SMILES string of the molecule is Cc1ccc(S(=O)[C@@H]2CC=C[C@H](C)[C@@H]2C#N)cc1. The summed E-state index contributed by atoms with van der Waals surface area (Å²) in [5.74, 6) is 0.0280. The largest absolute Gasteiger partial charge is 0.254 e. The van der Waals surface area contributed by atoms with Gasteiger partial charge in [0.15, 0.2) is 0 Å². The van der Waals surface area contributed by atoms with E-state index in [2.05, 4.69) is 18.2 Å². The third-order valence-corrected chi connectivity index (χ3v) is 5.22. The fourth-order valence-corrected chi connectivity index (χ4v) is 3.92. The normalized spacial score (nSPS) is 28.6. The average Bonchev–Trinajstić information content (AvgIpc) is 2.38. The van der Waals surface area contributed by atoms with Gasteiger partial charge in [-0.25, -0.2) is 0 Å². The van der Waals surface area contributed by atoms with Gasteiger partial charge >= 0.3 is 0 Å². The standard InChI is InChI=1S/C15H17NOS/c1-11-6-8-13(9-7-11)18(17)15-5-3-4-12(2)14(15)10-16/h3-4,6-9,12,14-15H,5H2,1-2H3/t12-,14-,15+,18?/m0/s1. The molecule has 2 nitrogen and oxygen atoms in total. The molecule has 0 saturated heterocycles. The highest BCUT2D eigenvalue weighted by Gasteiger charge is 2.32. The van der Waals surface area contributed by atoms with Gasteiger partial charge in [0.05, 0.1) is 28.0 Å². The molecule has 18 heavy (non-hydrogen) atoms. The molecule has 1 aromatic rings. The van der Waals surface area contributed by atoms with Gasteiger partial charge in [-0.1, -0.05) is 36.8 Å². The maximum Gasteiger partial charge on any atom is 0.0674 e. The first-order valence-corrected chi connectivity index (χ1v) is 7.38. The van der Waals surface area contributed by atoms with E-state index in [9.17, 15) is 9.47 Å². The van der Waals surface area contributed by atoms with Crippen LogP contribution in [0, 0.1) is 30.1 Å². The number of hydrogen-bond acceptors (Lipinski definition) is 2. The summed E-state index contributed by atoms with van der Waals surface area (Å²) in [6.07, 6.45) is 4.83. The predicted octanol–water partition coefficient (Wildman–Crippen LogP) is 3.21. The fourth-order valence-electron chi connectivity index (χ4n) is 2.30. The number of hydrogen-bond donors (Lipinski definition) is 0. The Labute approximate surface area is 111 Å². The van der Waals surface area contributed by atoms with Crippen LogP contribution < -0.4 is 0 Å². The van der Waals surface area contributed by atoms with Crippen molar-refractivity contribution in [3.63, 3.8) is 0 Å². The Morgan fingerprint density at radius 3 is 2.61 bits per heavy atom. The first kappa shape index (κ1) is 13.0. The van der Waals surface area contributed by atoms with E-state index in [1.54, 1.807) is 0 Å². The van der Waals surface area contributed by atoms with Crippen LogP contribution in [0.4, 0.5) is 0 Å². The first-order chi connectivity index (χ1) is 8.63. The molecule has 0 amide bonds. The second-order valence-electron chi connectivity index (χ2n) is 4.83. The van der Waals surface area contributed by atoms with E-state index in [1.165, 1.54) is 0 Å². The Morgan fingerprint density at radius 1 is 1.33 bits per heavy atom. The maximum absolute atomic E-state index is 12.6. The van der Waals surface area contributed by atoms with Gasteiger partial charge in [0.2, 0.25) is 0 Å². The zero-order chi connectivity index (χ0) is 13.1. The molecule has 0 heterocycles. The van der Waals surface area contributed by atoms with Crippen molar-refractivity contribution < 1.29 is 4.21 Å². The summed E-state index contributed by atoms with van der Waals surface area (Å²) < 4.78 is 12.6. The summed E-state index contributed by atoms with van der Waals surface area (Å²) in [6.45, 7) is 4.03. The molecular formula is C15H17NOS. The summed E-state index contributed by atoms with van der Waals surface area (Å²) in [4.78, 5) is 0.827. The highest BCUT2D eigenvalue weighted by molar-refractivity contribution is 7.85. The van der Waals surface area contributed by atoms with Crippen LogP contribution in [0.1, 0.15) is 18.9 Å². The van der Waals surface area contributed by atoms with E-state index >= 15 is 0 Å². The van der Waals surface area contributed by atoms with E-state index in [4.69, 9.17) is 0 Å². The molecule has 1 unspecified atom stereocenters. The van der Waals surface area contributed by atoms with Crippen LogP contribution in [-0.4, -0.2) is 9.46 Å². The van der Waals surface area contributed by atoms with Gasteiger partial charge in [0.25, 0.3) is 0 Å². The van der Waals surface area contributed by atoms with E-state index in [0.29, 0.717) is 0 Å². The van der Waals surface area contributed by atoms with E-state index in [0.717, 1.165) is 16.9 Å². The quantitative estimate of drug-likeness (QED) is 0.765. The number of benzene rings is 1. The van der Waals surface area contributed by atoms with Gasteiger partial charge in [-0.05, 0) is 31.4 Å². The summed E-state index contributed by atoms with van der Waals surface area (Å²) in [5, 5.41) is 9.17. The van der Waals surface area contributed by atoms with Gasteiger partial charge in [-0.3, -0.25) is 4.21 Å². The van der Waals surface area contributed by atoms with Crippen molar-refractivity contribution in [1.29, 1.82) is 5.26 Å². The smallest absolute Gasteiger partial charge is 0.0674 e. The Bertz CT molecular complexity index is 512. The van der Waals surface area contributed by atoms with Crippen LogP contribution in [0.15, 0.2) is 41.3 Å². The lowest BCUT2D eigenvalue weighted by atomic mass is 9.86. The van der Waals surface area contributed by atoms with Crippen molar-refractivity contribution in [2.24, 2.45) is 11.8 Å². The molecule has 0 N–H and O–H groups in total. The molecule has 1 aromatic carbocycles. The lowest BCUT2D eigenvalue weighted by Crippen LogP contribution is -2.31. The van der Waals surface area contributed by atoms with Gasteiger partial charge in [-0.15, -0.1) is 0 Å². The van der Waals surface area contributed by atoms with Crippen LogP contribution in [0.5, 0.6) is 0 Å². The molecule has 0 fully saturated rings. The number of nitrogens with zero attached hydrogens (tertiary/aromatic N) is 1.